The van der Waals surface area contributed by atoms with Gasteiger partial charge in [-0.25, -0.2) is 0 Å². The van der Waals surface area contributed by atoms with Crippen molar-refractivity contribution in [3.8, 4) is 0 Å². The van der Waals surface area contributed by atoms with Crippen molar-refractivity contribution in [2.75, 3.05) is 0 Å². The van der Waals surface area contributed by atoms with E-state index in [1.54, 1.807) is 12.2 Å². The highest BCUT2D eigenvalue weighted by atomic mass is 35.5. The predicted molar refractivity (Wildman–Crippen MR) is 51.3 cm³/mol. The molecule has 0 heterocycles. The van der Waals surface area contributed by atoms with E-state index in [1.807, 2.05) is 20.8 Å². The maximum atomic E-state index is 7.26. The van der Waals surface area contributed by atoms with Crippen LogP contribution in [0.25, 0.3) is 0 Å². The Morgan fingerprint density at radius 3 is 2.00 bits per heavy atom. The van der Waals surface area contributed by atoms with E-state index in [0.29, 0.717) is 0 Å². The fourth-order valence-corrected chi connectivity index (χ4v) is 1.12. The first kappa shape index (κ1) is 10.4. The maximum Gasteiger partial charge on any atom is 0.124 e. The van der Waals surface area contributed by atoms with Gasteiger partial charge in [0.1, 0.15) is 5.17 Å². The summed E-state index contributed by atoms with van der Waals surface area (Å²) in [6.45, 7) is 9.60. The van der Waals surface area contributed by atoms with Crippen LogP contribution in [0.2, 0.25) is 0 Å². The highest BCUT2D eigenvalue weighted by Crippen LogP contribution is 2.26. The average molecular weight is 172 g/mol. The average Bonchev–Trinajstić information content (AvgIpc) is 1.79. The Morgan fingerprint density at radius 1 is 1.45 bits per heavy atom. The molecule has 0 amide bonds. The second-order valence-corrected chi connectivity index (χ2v) is 3.76. The van der Waals surface area contributed by atoms with Crippen LogP contribution in [0, 0.1) is 10.8 Å². The molecule has 1 N–H and O–H groups in total. The minimum atomic E-state index is -0.0764. The molecule has 0 atom stereocenters. The van der Waals surface area contributed by atoms with E-state index in [0.717, 1.165) is 5.57 Å². The number of allylic oxidation sites excluding steroid dienone is 3. The van der Waals surface area contributed by atoms with E-state index in [1.165, 1.54) is 0 Å². The summed E-state index contributed by atoms with van der Waals surface area (Å²) in [6.07, 6.45) is 3.42. The maximum absolute atomic E-state index is 7.26. The molecule has 62 valence electrons. The van der Waals surface area contributed by atoms with Gasteiger partial charge in [-0.2, -0.15) is 0 Å². The van der Waals surface area contributed by atoms with Crippen molar-refractivity contribution in [1.29, 1.82) is 5.41 Å². The zero-order valence-corrected chi connectivity index (χ0v) is 8.00. The van der Waals surface area contributed by atoms with Crippen molar-refractivity contribution in [2.24, 2.45) is 5.41 Å². The minimum Gasteiger partial charge on any atom is -0.289 e. The van der Waals surface area contributed by atoms with E-state index >= 15 is 0 Å². The van der Waals surface area contributed by atoms with Crippen LogP contribution in [-0.2, 0) is 0 Å². The molecule has 11 heavy (non-hydrogen) atoms. The molecule has 0 radical (unpaired) electrons. The van der Waals surface area contributed by atoms with Crippen LogP contribution in [0.1, 0.15) is 20.8 Å². The SMILES string of the molecule is C=C/C=C(/C(=N)Cl)C(C)(C)C. The highest BCUT2D eigenvalue weighted by Gasteiger charge is 2.18. The van der Waals surface area contributed by atoms with Crippen LogP contribution in [-0.4, -0.2) is 5.17 Å². The Labute approximate surface area is 73.3 Å². The van der Waals surface area contributed by atoms with Gasteiger partial charge in [-0.15, -0.1) is 0 Å². The molecule has 0 aromatic rings. The number of rotatable bonds is 2. The lowest BCUT2D eigenvalue weighted by Gasteiger charge is -2.20. The van der Waals surface area contributed by atoms with Crippen molar-refractivity contribution < 1.29 is 0 Å². The van der Waals surface area contributed by atoms with Crippen LogP contribution in [0.15, 0.2) is 24.3 Å². The van der Waals surface area contributed by atoms with E-state index < -0.39 is 0 Å². The Bertz CT molecular complexity index is 196. The molecule has 0 saturated carbocycles. The van der Waals surface area contributed by atoms with E-state index in [2.05, 4.69) is 6.58 Å². The van der Waals surface area contributed by atoms with Gasteiger partial charge in [-0.3, -0.25) is 5.41 Å². The first-order valence-electron chi connectivity index (χ1n) is 3.47. The van der Waals surface area contributed by atoms with Crippen LogP contribution in [0.5, 0.6) is 0 Å². The number of nitrogens with one attached hydrogen (secondary N) is 1. The summed E-state index contributed by atoms with van der Waals surface area (Å²) in [4.78, 5) is 0. The van der Waals surface area contributed by atoms with Gasteiger partial charge in [-0.1, -0.05) is 51.1 Å². The van der Waals surface area contributed by atoms with Crippen molar-refractivity contribution in [3.05, 3.63) is 24.3 Å². The summed E-state index contributed by atoms with van der Waals surface area (Å²) in [5.74, 6) is 0. The summed E-state index contributed by atoms with van der Waals surface area (Å²) in [6, 6.07) is 0. The number of hydrogen-bond acceptors (Lipinski definition) is 1. The van der Waals surface area contributed by atoms with E-state index in [9.17, 15) is 0 Å². The van der Waals surface area contributed by atoms with Gasteiger partial charge < -0.3 is 0 Å². The molecule has 0 aliphatic carbocycles. The van der Waals surface area contributed by atoms with Gasteiger partial charge in [0.25, 0.3) is 0 Å². The first-order valence-corrected chi connectivity index (χ1v) is 3.85. The molecular weight excluding hydrogens is 158 g/mol. The van der Waals surface area contributed by atoms with Gasteiger partial charge >= 0.3 is 0 Å². The normalized spacial score (nSPS) is 12.9. The van der Waals surface area contributed by atoms with Crippen molar-refractivity contribution in [1.82, 2.24) is 0 Å². The molecular formula is C9H14ClN. The molecule has 0 aromatic heterocycles. The zero-order valence-electron chi connectivity index (χ0n) is 7.24. The van der Waals surface area contributed by atoms with Crippen molar-refractivity contribution in [3.63, 3.8) is 0 Å². The molecule has 0 rings (SSSR count). The van der Waals surface area contributed by atoms with Gasteiger partial charge in [-0.05, 0) is 11.0 Å². The third-order valence-corrected chi connectivity index (χ3v) is 1.53. The van der Waals surface area contributed by atoms with Gasteiger partial charge in [0.15, 0.2) is 0 Å². The monoisotopic (exact) mass is 171 g/mol. The fourth-order valence-electron chi connectivity index (χ4n) is 0.770. The second-order valence-electron chi connectivity index (χ2n) is 3.38. The lowest BCUT2D eigenvalue weighted by molar-refractivity contribution is 0.525. The fraction of sp³-hybridized carbons (Fsp3) is 0.444. The summed E-state index contributed by atoms with van der Waals surface area (Å²) in [5.41, 5.74) is 0.738. The highest BCUT2D eigenvalue weighted by molar-refractivity contribution is 6.68. The van der Waals surface area contributed by atoms with Crippen molar-refractivity contribution >= 4 is 16.8 Å². The Morgan fingerprint density at radius 2 is 1.91 bits per heavy atom. The smallest absolute Gasteiger partial charge is 0.124 e. The number of halogens is 1. The first-order chi connectivity index (χ1) is 4.89. The quantitative estimate of drug-likeness (QED) is 0.487. The van der Waals surface area contributed by atoms with E-state index in [-0.39, 0.29) is 10.6 Å². The zero-order chi connectivity index (χ0) is 9.07. The van der Waals surface area contributed by atoms with Crippen LogP contribution in [0.3, 0.4) is 0 Å². The summed E-state index contributed by atoms with van der Waals surface area (Å²) in [7, 11) is 0. The summed E-state index contributed by atoms with van der Waals surface area (Å²) >= 11 is 5.57. The molecule has 0 spiro atoms. The predicted octanol–water partition coefficient (Wildman–Crippen LogP) is 3.36. The standard InChI is InChI=1S/C9H14ClN/c1-5-6-7(8(10)11)9(2,3)4/h5-6,11H,1H2,2-4H3/b7-6-,11-8?. The molecule has 1 nitrogen and oxygen atoms in total. The lowest BCUT2D eigenvalue weighted by atomic mass is 9.87. The lowest BCUT2D eigenvalue weighted by Crippen LogP contribution is -2.13. The summed E-state index contributed by atoms with van der Waals surface area (Å²) in [5, 5.41) is 7.35. The van der Waals surface area contributed by atoms with Crippen LogP contribution >= 0.6 is 11.6 Å². The molecule has 0 saturated heterocycles. The van der Waals surface area contributed by atoms with E-state index in [4.69, 9.17) is 17.0 Å². The second kappa shape index (κ2) is 3.72. The molecule has 2 heteroatoms. The minimum absolute atomic E-state index is 0.0764. The Balaban J connectivity index is 4.77. The van der Waals surface area contributed by atoms with Gasteiger partial charge in [0, 0.05) is 0 Å². The topological polar surface area (TPSA) is 23.9 Å². The Hall–Kier alpha value is -0.560. The molecule has 0 aliphatic heterocycles. The largest absolute Gasteiger partial charge is 0.289 e. The molecule has 0 bridgehead atoms. The number of hydrogen-bond donors (Lipinski definition) is 1. The third-order valence-electron chi connectivity index (χ3n) is 1.33. The van der Waals surface area contributed by atoms with Crippen LogP contribution < -0.4 is 0 Å². The van der Waals surface area contributed by atoms with Crippen molar-refractivity contribution in [2.45, 2.75) is 20.8 Å². The molecule has 0 aliphatic rings. The van der Waals surface area contributed by atoms with Gasteiger partial charge in [0.2, 0.25) is 0 Å². The molecule has 0 aromatic carbocycles. The third kappa shape index (κ3) is 3.38. The molecule has 0 fully saturated rings. The summed E-state index contributed by atoms with van der Waals surface area (Å²) < 4.78 is 0. The Kier molecular flexibility index (Phi) is 3.53. The molecule has 0 unspecified atom stereocenters. The van der Waals surface area contributed by atoms with Gasteiger partial charge in [0.05, 0.1) is 0 Å². The van der Waals surface area contributed by atoms with Crippen LogP contribution in [0.4, 0.5) is 0 Å².